The van der Waals surface area contributed by atoms with Crippen LogP contribution in [0.2, 0.25) is 0 Å². The van der Waals surface area contributed by atoms with Crippen LogP contribution in [-0.4, -0.2) is 62.4 Å². The van der Waals surface area contributed by atoms with Crippen molar-refractivity contribution >= 4 is 11.9 Å². The van der Waals surface area contributed by atoms with Gasteiger partial charge in [-0.05, 0) is 12.8 Å². The molecule has 0 rings (SSSR count). The summed E-state index contributed by atoms with van der Waals surface area (Å²) in [4.78, 5) is 24.5. The van der Waals surface area contributed by atoms with Crippen LogP contribution >= 0.6 is 0 Å². The van der Waals surface area contributed by atoms with Gasteiger partial charge in [0.2, 0.25) is 5.91 Å². The lowest BCUT2D eigenvalue weighted by Gasteiger charge is -2.21. The molecule has 1 N–H and O–H groups in total. The van der Waals surface area contributed by atoms with E-state index in [9.17, 15) is 9.59 Å². The summed E-state index contributed by atoms with van der Waals surface area (Å²) in [6.07, 6.45) is 1.83. The van der Waals surface area contributed by atoms with Gasteiger partial charge in [0.05, 0.1) is 20.1 Å². The second-order valence-corrected chi connectivity index (χ2v) is 3.88. The van der Waals surface area contributed by atoms with E-state index in [2.05, 4.69) is 4.74 Å². The number of ether oxygens (including phenoxy) is 2. The summed E-state index contributed by atoms with van der Waals surface area (Å²) in [5, 5.41) is 8.66. The lowest BCUT2D eigenvalue weighted by Crippen LogP contribution is -2.35. The van der Waals surface area contributed by atoms with Crippen LogP contribution in [0.4, 0.5) is 0 Å². The molecule has 0 heterocycles. The number of nitrogens with zero attached hydrogens (tertiary/aromatic N) is 1. The Morgan fingerprint density at radius 1 is 1.11 bits per heavy atom. The molecule has 1 amide bonds. The van der Waals surface area contributed by atoms with Gasteiger partial charge in [-0.15, -0.1) is 0 Å². The van der Waals surface area contributed by atoms with Gasteiger partial charge < -0.3 is 19.5 Å². The zero-order valence-electron chi connectivity index (χ0n) is 11.2. The van der Waals surface area contributed by atoms with E-state index >= 15 is 0 Å². The van der Waals surface area contributed by atoms with Crippen LogP contribution in [0.3, 0.4) is 0 Å². The molecule has 0 aromatic heterocycles. The number of methoxy groups -OCH3 is 2. The molecule has 0 fully saturated rings. The second kappa shape index (κ2) is 11.0. The predicted octanol–water partition coefficient (Wildman–Crippen LogP) is 0.187. The number of carbonyl (C=O) groups is 2. The predicted molar refractivity (Wildman–Crippen MR) is 66.0 cm³/mol. The number of amides is 1. The molecule has 0 unspecified atom stereocenters. The van der Waals surface area contributed by atoms with Crippen LogP contribution < -0.4 is 0 Å². The molecule has 0 aliphatic rings. The van der Waals surface area contributed by atoms with E-state index in [1.807, 2.05) is 0 Å². The Hall–Kier alpha value is -1.14. The normalized spacial score (nSPS) is 10.2. The van der Waals surface area contributed by atoms with Gasteiger partial charge >= 0.3 is 5.97 Å². The Morgan fingerprint density at radius 2 is 1.83 bits per heavy atom. The monoisotopic (exact) mass is 261 g/mol. The molecule has 6 heteroatoms. The Kier molecular flexibility index (Phi) is 10.3. The zero-order chi connectivity index (χ0) is 13.8. The quantitative estimate of drug-likeness (QED) is 0.448. The molecule has 0 aliphatic heterocycles. The Bertz CT molecular complexity index is 245. The zero-order valence-corrected chi connectivity index (χ0v) is 11.2. The standard InChI is InChI=1S/C12H23NO5/c1-17-10-8-13(7-6-12(16)18-2)11(15)5-3-4-9-14/h14H,3-10H2,1-2H3. The molecule has 0 radical (unpaired) electrons. The van der Waals surface area contributed by atoms with Crippen molar-refractivity contribution in [2.24, 2.45) is 0 Å². The number of aliphatic hydroxyl groups excluding tert-OH is 1. The number of hydrogen-bond donors (Lipinski definition) is 1. The van der Waals surface area contributed by atoms with Gasteiger partial charge in [0.1, 0.15) is 0 Å². The van der Waals surface area contributed by atoms with Gasteiger partial charge in [-0.3, -0.25) is 9.59 Å². The third kappa shape index (κ3) is 8.03. The topological polar surface area (TPSA) is 76.1 Å². The molecule has 0 aromatic rings. The Labute approximate surface area is 108 Å². The summed E-state index contributed by atoms with van der Waals surface area (Å²) < 4.78 is 9.47. The van der Waals surface area contributed by atoms with Gasteiger partial charge in [0.15, 0.2) is 0 Å². The van der Waals surface area contributed by atoms with Crippen LogP contribution in [0, 0.1) is 0 Å². The minimum Gasteiger partial charge on any atom is -0.469 e. The molecule has 6 nitrogen and oxygen atoms in total. The first-order valence-corrected chi connectivity index (χ1v) is 6.10. The third-order valence-electron chi connectivity index (χ3n) is 2.53. The molecule has 0 aliphatic carbocycles. The van der Waals surface area contributed by atoms with Gasteiger partial charge in [-0.1, -0.05) is 0 Å². The lowest BCUT2D eigenvalue weighted by molar-refractivity contribution is -0.142. The second-order valence-electron chi connectivity index (χ2n) is 3.88. The fourth-order valence-corrected chi connectivity index (χ4v) is 1.44. The first-order chi connectivity index (χ1) is 8.65. The van der Waals surface area contributed by atoms with Crippen LogP contribution in [-0.2, 0) is 19.1 Å². The number of esters is 1. The maximum Gasteiger partial charge on any atom is 0.307 e. The van der Waals surface area contributed by atoms with Crippen LogP contribution in [0.15, 0.2) is 0 Å². The number of unbranched alkanes of at least 4 members (excludes halogenated alkanes) is 1. The fourth-order valence-electron chi connectivity index (χ4n) is 1.44. The van der Waals surface area contributed by atoms with E-state index in [4.69, 9.17) is 9.84 Å². The molecular formula is C12H23NO5. The minimum absolute atomic E-state index is 0.0237. The van der Waals surface area contributed by atoms with Crippen molar-refractivity contribution in [3.63, 3.8) is 0 Å². The van der Waals surface area contributed by atoms with E-state index in [-0.39, 0.29) is 24.9 Å². The van der Waals surface area contributed by atoms with E-state index in [0.717, 1.165) is 0 Å². The minimum atomic E-state index is -0.333. The van der Waals surface area contributed by atoms with E-state index in [1.165, 1.54) is 7.11 Å². The molecular weight excluding hydrogens is 238 g/mol. The number of aliphatic hydroxyl groups is 1. The largest absolute Gasteiger partial charge is 0.469 e. The summed E-state index contributed by atoms with van der Waals surface area (Å²) in [5.74, 6) is -0.357. The van der Waals surface area contributed by atoms with E-state index in [0.29, 0.717) is 39.0 Å². The first kappa shape index (κ1) is 16.9. The molecule has 106 valence electrons. The number of hydrogen-bond acceptors (Lipinski definition) is 5. The van der Waals surface area contributed by atoms with Crippen LogP contribution in [0.1, 0.15) is 25.7 Å². The highest BCUT2D eigenvalue weighted by atomic mass is 16.5. The number of rotatable bonds is 10. The molecule has 0 bridgehead atoms. The fraction of sp³-hybridized carbons (Fsp3) is 0.833. The van der Waals surface area contributed by atoms with Crippen LogP contribution in [0.25, 0.3) is 0 Å². The summed E-state index contributed by atoms with van der Waals surface area (Å²) in [6.45, 7) is 1.33. The highest BCUT2D eigenvalue weighted by Gasteiger charge is 2.14. The Balaban J connectivity index is 4.10. The third-order valence-corrected chi connectivity index (χ3v) is 2.53. The molecule has 18 heavy (non-hydrogen) atoms. The highest BCUT2D eigenvalue weighted by Crippen LogP contribution is 2.02. The van der Waals surface area contributed by atoms with Gasteiger partial charge in [-0.25, -0.2) is 0 Å². The summed E-state index contributed by atoms with van der Waals surface area (Å²) in [5.41, 5.74) is 0. The van der Waals surface area contributed by atoms with Crippen molar-refractivity contribution < 1.29 is 24.2 Å². The summed E-state index contributed by atoms with van der Waals surface area (Å²) in [6, 6.07) is 0. The Morgan fingerprint density at radius 3 is 2.39 bits per heavy atom. The van der Waals surface area contributed by atoms with Crippen molar-refractivity contribution in [1.82, 2.24) is 4.90 Å². The lowest BCUT2D eigenvalue weighted by atomic mass is 10.2. The first-order valence-electron chi connectivity index (χ1n) is 6.10. The number of carbonyl (C=O) groups excluding carboxylic acids is 2. The SMILES string of the molecule is COCCN(CCC(=O)OC)C(=O)CCCCO. The molecule has 0 spiro atoms. The maximum absolute atomic E-state index is 11.9. The van der Waals surface area contributed by atoms with Crippen molar-refractivity contribution in [2.45, 2.75) is 25.7 Å². The van der Waals surface area contributed by atoms with Crippen molar-refractivity contribution in [3.05, 3.63) is 0 Å². The average Bonchev–Trinajstić information content (AvgIpc) is 2.38. The highest BCUT2D eigenvalue weighted by molar-refractivity contribution is 5.77. The van der Waals surface area contributed by atoms with Crippen molar-refractivity contribution in [2.75, 3.05) is 40.5 Å². The van der Waals surface area contributed by atoms with Crippen molar-refractivity contribution in [3.8, 4) is 0 Å². The summed E-state index contributed by atoms with van der Waals surface area (Å²) in [7, 11) is 2.89. The molecule has 0 aromatic carbocycles. The van der Waals surface area contributed by atoms with Gasteiger partial charge in [0, 0.05) is 33.2 Å². The molecule has 0 saturated heterocycles. The maximum atomic E-state index is 11.9. The molecule has 0 saturated carbocycles. The van der Waals surface area contributed by atoms with E-state index in [1.54, 1.807) is 12.0 Å². The van der Waals surface area contributed by atoms with Gasteiger partial charge in [-0.2, -0.15) is 0 Å². The molecule has 0 atom stereocenters. The summed E-state index contributed by atoms with van der Waals surface area (Å²) >= 11 is 0. The van der Waals surface area contributed by atoms with E-state index < -0.39 is 0 Å². The smallest absolute Gasteiger partial charge is 0.307 e. The van der Waals surface area contributed by atoms with Crippen molar-refractivity contribution in [1.29, 1.82) is 0 Å². The van der Waals surface area contributed by atoms with Crippen LogP contribution in [0.5, 0.6) is 0 Å². The average molecular weight is 261 g/mol. The van der Waals surface area contributed by atoms with Gasteiger partial charge in [0.25, 0.3) is 0 Å².